The molecule has 0 fully saturated rings. The summed E-state index contributed by atoms with van der Waals surface area (Å²) in [6.45, 7) is 3.99. The van der Waals surface area contributed by atoms with Crippen molar-refractivity contribution in [3.05, 3.63) is 36.4 Å². The van der Waals surface area contributed by atoms with E-state index in [1.165, 1.54) is 18.9 Å². The van der Waals surface area contributed by atoms with E-state index in [0.717, 1.165) is 15.9 Å². The number of rotatable bonds is 7. The lowest BCUT2D eigenvalue weighted by atomic mass is 10.0. The number of hydrogen-bond donors (Lipinski definition) is 1. The Morgan fingerprint density at radius 1 is 1.21 bits per heavy atom. The van der Waals surface area contributed by atoms with Gasteiger partial charge >= 0.3 is 5.97 Å². The molecule has 2 rings (SSSR count). The number of methoxy groups -OCH3 is 1. The van der Waals surface area contributed by atoms with Gasteiger partial charge in [-0.25, -0.2) is 9.78 Å². The van der Waals surface area contributed by atoms with Gasteiger partial charge in [-0.05, 0) is 24.5 Å². The summed E-state index contributed by atoms with van der Waals surface area (Å²) in [5, 5.41) is 4.59. The Bertz CT molecular complexity index is 718. The molecule has 1 unspecified atom stereocenters. The number of thioether (sulfide) groups is 1. The van der Waals surface area contributed by atoms with Crippen molar-refractivity contribution in [2.24, 2.45) is 5.92 Å². The first-order valence-corrected chi connectivity index (χ1v) is 8.84. The number of benzene rings is 1. The fourth-order valence-corrected chi connectivity index (χ4v) is 3.02. The van der Waals surface area contributed by atoms with E-state index in [0.29, 0.717) is 6.42 Å². The maximum atomic E-state index is 12.1. The minimum atomic E-state index is -0.604. The van der Waals surface area contributed by atoms with Gasteiger partial charge in [0.2, 0.25) is 5.91 Å². The van der Waals surface area contributed by atoms with E-state index in [9.17, 15) is 9.59 Å². The van der Waals surface area contributed by atoms with E-state index < -0.39 is 12.0 Å². The van der Waals surface area contributed by atoms with Crippen LogP contribution in [0.25, 0.3) is 10.9 Å². The summed E-state index contributed by atoms with van der Waals surface area (Å²) in [5.74, 6) is -0.127. The van der Waals surface area contributed by atoms with Gasteiger partial charge in [-0.15, -0.1) is 0 Å². The van der Waals surface area contributed by atoms with E-state index in [4.69, 9.17) is 4.74 Å². The number of amides is 1. The van der Waals surface area contributed by atoms with E-state index in [1.807, 2.05) is 50.2 Å². The van der Waals surface area contributed by atoms with Crippen LogP contribution < -0.4 is 5.32 Å². The maximum Gasteiger partial charge on any atom is 0.328 e. The molecule has 0 aliphatic heterocycles. The van der Waals surface area contributed by atoms with Crippen molar-refractivity contribution in [3.63, 3.8) is 0 Å². The lowest BCUT2D eigenvalue weighted by molar-refractivity contribution is -0.145. The predicted molar refractivity (Wildman–Crippen MR) is 95.9 cm³/mol. The molecule has 1 N–H and O–H groups in total. The second-order valence-corrected chi connectivity index (χ2v) is 6.90. The van der Waals surface area contributed by atoms with E-state index in [1.54, 1.807) is 0 Å². The molecule has 5 nitrogen and oxygen atoms in total. The van der Waals surface area contributed by atoms with Gasteiger partial charge in [-0.3, -0.25) is 4.79 Å². The number of pyridine rings is 1. The Morgan fingerprint density at radius 2 is 1.96 bits per heavy atom. The van der Waals surface area contributed by atoms with Crippen molar-refractivity contribution in [1.29, 1.82) is 0 Å². The van der Waals surface area contributed by atoms with Crippen LogP contribution in [0.1, 0.15) is 20.3 Å². The molecule has 6 heteroatoms. The Labute approximate surface area is 146 Å². The van der Waals surface area contributed by atoms with Crippen LogP contribution in [0.2, 0.25) is 0 Å². The van der Waals surface area contributed by atoms with Gasteiger partial charge in [0.15, 0.2) is 0 Å². The third kappa shape index (κ3) is 5.23. The molecule has 0 saturated carbocycles. The fourth-order valence-electron chi connectivity index (χ4n) is 2.33. The molecule has 1 heterocycles. The normalized spacial score (nSPS) is 12.2. The number of esters is 1. The number of ether oxygens (including phenoxy) is 1. The van der Waals surface area contributed by atoms with Crippen LogP contribution in [0, 0.1) is 5.92 Å². The maximum absolute atomic E-state index is 12.1. The van der Waals surface area contributed by atoms with Crippen molar-refractivity contribution >= 4 is 34.5 Å². The quantitative estimate of drug-likeness (QED) is 0.616. The summed E-state index contributed by atoms with van der Waals surface area (Å²) in [6.07, 6.45) is 0.553. The van der Waals surface area contributed by atoms with Gasteiger partial charge in [0.05, 0.1) is 23.4 Å². The Balaban J connectivity index is 1.94. The van der Waals surface area contributed by atoms with Gasteiger partial charge in [0.25, 0.3) is 0 Å². The number of nitrogens with zero attached hydrogens (tertiary/aromatic N) is 1. The molecule has 1 amide bonds. The molecule has 0 aliphatic carbocycles. The Morgan fingerprint density at radius 3 is 2.67 bits per heavy atom. The Hall–Kier alpha value is -2.08. The van der Waals surface area contributed by atoms with E-state index in [-0.39, 0.29) is 17.6 Å². The largest absolute Gasteiger partial charge is 0.467 e. The number of para-hydroxylation sites is 1. The lowest BCUT2D eigenvalue weighted by Gasteiger charge is -2.18. The highest BCUT2D eigenvalue weighted by molar-refractivity contribution is 7.99. The fraction of sp³-hybridized carbons (Fsp3) is 0.389. The zero-order valence-electron chi connectivity index (χ0n) is 14.1. The summed E-state index contributed by atoms with van der Waals surface area (Å²) in [6, 6.07) is 11.1. The highest BCUT2D eigenvalue weighted by Gasteiger charge is 2.22. The first-order chi connectivity index (χ1) is 11.5. The number of fused-ring (bicyclic) bond motifs is 1. The molecule has 128 valence electrons. The molecule has 0 saturated heterocycles. The molecule has 1 atom stereocenters. The number of carbonyl (C=O) groups excluding carboxylic acids is 2. The van der Waals surface area contributed by atoms with Crippen LogP contribution in [0.3, 0.4) is 0 Å². The summed E-state index contributed by atoms with van der Waals surface area (Å²) in [5.41, 5.74) is 0.898. The SMILES string of the molecule is COC(=O)C(CC(C)C)NC(=O)CSc1ccc2ccccc2n1. The molecule has 1 aromatic heterocycles. The summed E-state index contributed by atoms with van der Waals surface area (Å²) >= 11 is 1.35. The predicted octanol–water partition coefficient (Wildman–Crippen LogP) is 3.03. The van der Waals surface area contributed by atoms with Gasteiger partial charge < -0.3 is 10.1 Å². The smallest absolute Gasteiger partial charge is 0.328 e. The van der Waals surface area contributed by atoms with Crippen LogP contribution in [0.5, 0.6) is 0 Å². The average molecular weight is 346 g/mol. The monoisotopic (exact) mass is 346 g/mol. The number of nitrogens with one attached hydrogen (secondary N) is 1. The molecule has 0 radical (unpaired) electrons. The van der Waals surface area contributed by atoms with Crippen molar-refractivity contribution in [3.8, 4) is 0 Å². The number of carbonyl (C=O) groups is 2. The van der Waals surface area contributed by atoms with Crippen LogP contribution in [0.4, 0.5) is 0 Å². The van der Waals surface area contributed by atoms with E-state index >= 15 is 0 Å². The molecule has 0 aliphatic rings. The second kappa shape index (κ2) is 8.68. The number of aromatic nitrogens is 1. The minimum Gasteiger partial charge on any atom is -0.467 e. The van der Waals surface area contributed by atoms with Crippen LogP contribution in [-0.2, 0) is 14.3 Å². The van der Waals surface area contributed by atoms with Gasteiger partial charge in [-0.2, -0.15) is 0 Å². The number of hydrogen-bond acceptors (Lipinski definition) is 5. The molecule has 0 bridgehead atoms. The zero-order chi connectivity index (χ0) is 17.5. The topological polar surface area (TPSA) is 68.3 Å². The standard InChI is InChI=1S/C18H22N2O3S/c1-12(2)10-15(18(22)23-3)19-16(21)11-24-17-9-8-13-6-4-5-7-14(13)20-17/h4-9,12,15H,10-11H2,1-3H3,(H,19,21). The summed E-state index contributed by atoms with van der Waals surface area (Å²) in [7, 11) is 1.33. The van der Waals surface area contributed by atoms with Gasteiger partial charge in [0.1, 0.15) is 6.04 Å². The zero-order valence-corrected chi connectivity index (χ0v) is 14.9. The molecule has 24 heavy (non-hydrogen) atoms. The van der Waals surface area contributed by atoms with Crippen molar-refractivity contribution in [1.82, 2.24) is 10.3 Å². The second-order valence-electron chi connectivity index (χ2n) is 5.90. The van der Waals surface area contributed by atoms with Crippen LogP contribution in [-0.4, -0.2) is 35.8 Å². The Kier molecular flexibility index (Phi) is 6.61. The summed E-state index contributed by atoms with van der Waals surface area (Å²) < 4.78 is 4.75. The van der Waals surface area contributed by atoms with E-state index in [2.05, 4.69) is 10.3 Å². The van der Waals surface area contributed by atoms with Crippen LogP contribution >= 0.6 is 11.8 Å². The average Bonchev–Trinajstić information content (AvgIpc) is 2.58. The van der Waals surface area contributed by atoms with Gasteiger partial charge in [0, 0.05) is 5.39 Å². The van der Waals surface area contributed by atoms with Gasteiger partial charge in [-0.1, -0.05) is 49.9 Å². The van der Waals surface area contributed by atoms with Crippen molar-refractivity contribution < 1.29 is 14.3 Å². The minimum absolute atomic E-state index is 0.203. The van der Waals surface area contributed by atoms with Crippen molar-refractivity contribution in [2.45, 2.75) is 31.3 Å². The molecule has 2 aromatic rings. The van der Waals surface area contributed by atoms with Crippen LogP contribution in [0.15, 0.2) is 41.4 Å². The molecule has 0 spiro atoms. The lowest BCUT2D eigenvalue weighted by Crippen LogP contribution is -2.43. The first kappa shape index (κ1) is 18.3. The highest BCUT2D eigenvalue weighted by Crippen LogP contribution is 2.19. The molecular formula is C18H22N2O3S. The highest BCUT2D eigenvalue weighted by atomic mass is 32.2. The molecular weight excluding hydrogens is 324 g/mol. The third-order valence-corrected chi connectivity index (χ3v) is 4.38. The first-order valence-electron chi connectivity index (χ1n) is 7.85. The third-order valence-electron chi connectivity index (χ3n) is 3.45. The molecule has 1 aromatic carbocycles. The summed E-state index contributed by atoms with van der Waals surface area (Å²) in [4.78, 5) is 28.4. The van der Waals surface area contributed by atoms with Crippen molar-refractivity contribution in [2.75, 3.05) is 12.9 Å².